The molecule has 1 atom stereocenters. The summed E-state index contributed by atoms with van der Waals surface area (Å²) < 4.78 is 30.7. The first-order valence-electron chi connectivity index (χ1n) is 5.08. The zero-order valence-electron chi connectivity index (χ0n) is 9.76. The molecule has 0 aliphatic heterocycles. The minimum atomic E-state index is -3.80. The van der Waals surface area contributed by atoms with Gasteiger partial charge in [-0.15, -0.1) is 0 Å². The lowest BCUT2D eigenvalue weighted by Crippen LogP contribution is -2.34. The Labute approximate surface area is 111 Å². The lowest BCUT2D eigenvalue weighted by molar-refractivity contribution is 0.0679. The number of halogens is 1. The number of hydrogen-bond donors (Lipinski definition) is 3. The Morgan fingerprint density at radius 3 is 2.83 bits per heavy atom. The van der Waals surface area contributed by atoms with E-state index in [0.717, 1.165) is 0 Å². The molecule has 1 aromatic rings. The Morgan fingerprint density at radius 2 is 2.22 bits per heavy atom. The molecule has 102 valence electrons. The normalized spacial score (nSPS) is 13.5. The highest BCUT2D eigenvalue weighted by Crippen LogP contribution is 2.23. The first-order chi connectivity index (χ1) is 8.36. The van der Waals surface area contributed by atoms with Gasteiger partial charge in [-0.1, -0.05) is 11.6 Å². The fourth-order valence-corrected chi connectivity index (χ4v) is 2.87. The molecule has 4 N–H and O–H groups in total. The van der Waals surface area contributed by atoms with Crippen molar-refractivity contribution in [1.29, 1.82) is 0 Å². The summed E-state index contributed by atoms with van der Waals surface area (Å²) in [6.45, 7) is -0.130. The van der Waals surface area contributed by atoms with E-state index < -0.39 is 16.1 Å². The Kier molecular flexibility index (Phi) is 5.36. The minimum absolute atomic E-state index is 0.0349. The molecule has 6 nitrogen and oxygen atoms in total. The maximum Gasteiger partial charge on any atom is 0.242 e. The van der Waals surface area contributed by atoms with Crippen LogP contribution in [0.1, 0.15) is 0 Å². The number of nitrogen functional groups attached to an aromatic ring is 1. The molecule has 1 rings (SSSR count). The summed E-state index contributed by atoms with van der Waals surface area (Å²) in [6, 6.07) is 4.16. The number of nitrogens with one attached hydrogen (secondary N) is 1. The maximum absolute atomic E-state index is 11.9. The third-order valence-corrected chi connectivity index (χ3v) is 4.02. The fourth-order valence-electron chi connectivity index (χ4n) is 1.26. The molecule has 0 fully saturated rings. The standard InChI is InChI=1S/C10H15ClN2O4S/c1-17-6-8(14)5-13-18(15,16)10-4-7(12)2-3-9(10)11/h2-4,8,13-14H,5-6,12H2,1H3. The summed E-state index contributed by atoms with van der Waals surface area (Å²) in [5.74, 6) is 0. The number of benzene rings is 1. The molecule has 0 amide bonds. The summed E-state index contributed by atoms with van der Waals surface area (Å²) in [7, 11) is -2.40. The van der Waals surface area contributed by atoms with Gasteiger partial charge < -0.3 is 15.6 Å². The fraction of sp³-hybridized carbons (Fsp3) is 0.400. The van der Waals surface area contributed by atoms with E-state index in [0.29, 0.717) is 0 Å². The average molecular weight is 295 g/mol. The highest BCUT2D eigenvalue weighted by atomic mass is 35.5. The minimum Gasteiger partial charge on any atom is -0.399 e. The van der Waals surface area contributed by atoms with Gasteiger partial charge >= 0.3 is 0 Å². The van der Waals surface area contributed by atoms with Gasteiger partial charge in [0.25, 0.3) is 0 Å². The molecule has 1 unspecified atom stereocenters. The molecule has 0 spiro atoms. The van der Waals surface area contributed by atoms with Crippen LogP contribution in [0, 0.1) is 0 Å². The molecular weight excluding hydrogens is 280 g/mol. The summed E-state index contributed by atoms with van der Waals surface area (Å²) in [6.07, 6.45) is -0.926. The second-order valence-electron chi connectivity index (χ2n) is 3.65. The Morgan fingerprint density at radius 1 is 1.56 bits per heavy atom. The van der Waals surface area contributed by atoms with Crippen molar-refractivity contribution < 1.29 is 18.3 Å². The number of sulfonamides is 1. The van der Waals surface area contributed by atoms with Crippen molar-refractivity contribution in [3.8, 4) is 0 Å². The van der Waals surface area contributed by atoms with E-state index in [1.54, 1.807) is 0 Å². The molecule has 0 heterocycles. The molecule has 0 aromatic heterocycles. The highest BCUT2D eigenvalue weighted by molar-refractivity contribution is 7.89. The monoisotopic (exact) mass is 294 g/mol. The molecule has 8 heteroatoms. The van der Waals surface area contributed by atoms with Crippen LogP contribution in [0.3, 0.4) is 0 Å². The predicted molar refractivity (Wildman–Crippen MR) is 68.9 cm³/mol. The largest absolute Gasteiger partial charge is 0.399 e. The van der Waals surface area contributed by atoms with Crippen molar-refractivity contribution in [2.45, 2.75) is 11.0 Å². The number of nitrogens with two attached hydrogens (primary N) is 1. The number of rotatable bonds is 6. The first-order valence-corrected chi connectivity index (χ1v) is 6.94. The van der Waals surface area contributed by atoms with Crippen LogP contribution in [0.15, 0.2) is 23.1 Å². The van der Waals surface area contributed by atoms with Gasteiger partial charge in [0.05, 0.1) is 17.7 Å². The average Bonchev–Trinajstić information content (AvgIpc) is 2.30. The molecule has 0 bridgehead atoms. The van der Waals surface area contributed by atoms with Gasteiger partial charge in [-0.05, 0) is 18.2 Å². The van der Waals surface area contributed by atoms with Gasteiger partial charge in [-0.3, -0.25) is 0 Å². The number of aliphatic hydroxyl groups excluding tert-OH is 1. The van der Waals surface area contributed by atoms with Crippen LogP contribution in [-0.2, 0) is 14.8 Å². The molecule has 0 aliphatic rings. The lowest BCUT2D eigenvalue weighted by Gasteiger charge is -2.12. The van der Waals surface area contributed by atoms with Crippen LogP contribution in [0.2, 0.25) is 5.02 Å². The van der Waals surface area contributed by atoms with Gasteiger partial charge in [0.2, 0.25) is 10.0 Å². The summed E-state index contributed by atoms with van der Waals surface area (Å²) in [5.41, 5.74) is 5.80. The van der Waals surface area contributed by atoms with Gasteiger partial charge in [-0.2, -0.15) is 0 Å². The molecule has 0 saturated carbocycles. The maximum atomic E-state index is 11.9. The van der Waals surface area contributed by atoms with Crippen LogP contribution in [0.5, 0.6) is 0 Å². The third kappa shape index (κ3) is 4.11. The van der Waals surface area contributed by atoms with Gasteiger partial charge in [0.1, 0.15) is 4.90 Å². The Hall–Kier alpha value is -0.860. The van der Waals surface area contributed by atoms with Gasteiger partial charge in [0, 0.05) is 19.3 Å². The van der Waals surface area contributed by atoms with Crippen molar-refractivity contribution in [3.05, 3.63) is 23.2 Å². The first kappa shape index (κ1) is 15.2. The van der Waals surface area contributed by atoms with Crippen LogP contribution in [-0.4, -0.2) is 39.9 Å². The van der Waals surface area contributed by atoms with E-state index in [2.05, 4.69) is 9.46 Å². The zero-order valence-corrected chi connectivity index (χ0v) is 11.3. The van der Waals surface area contributed by atoms with E-state index >= 15 is 0 Å². The van der Waals surface area contributed by atoms with Crippen LogP contribution in [0.25, 0.3) is 0 Å². The van der Waals surface area contributed by atoms with Crippen molar-refractivity contribution in [3.63, 3.8) is 0 Å². The second-order valence-corrected chi connectivity index (χ2v) is 5.79. The Bertz CT molecular complexity index is 507. The number of anilines is 1. The SMILES string of the molecule is COCC(O)CNS(=O)(=O)c1cc(N)ccc1Cl. The number of aliphatic hydroxyl groups is 1. The van der Waals surface area contributed by atoms with Gasteiger partial charge in [-0.25, -0.2) is 13.1 Å². The predicted octanol–water partition coefficient (Wildman–Crippen LogP) is 0.208. The van der Waals surface area contributed by atoms with E-state index in [4.69, 9.17) is 17.3 Å². The van der Waals surface area contributed by atoms with Crippen molar-refractivity contribution in [2.24, 2.45) is 0 Å². The van der Waals surface area contributed by atoms with Crippen LogP contribution in [0.4, 0.5) is 5.69 Å². The van der Waals surface area contributed by atoms with Crippen LogP contribution >= 0.6 is 11.6 Å². The summed E-state index contributed by atoms with van der Waals surface area (Å²) in [4.78, 5) is -0.117. The molecule has 18 heavy (non-hydrogen) atoms. The second kappa shape index (κ2) is 6.35. The highest BCUT2D eigenvalue weighted by Gasteiger charge is 2.19. The third-order valence-electron chi connectivity index (χ3n) is 2.11. The van der Waals surface area contributed by atoms with E-state index in [1.165, 1.54) is 25.3 Å². The quantitative estimate of drug-likeness (QED) is 0.651. The Balaban J connectivity index is 2.83. The number of methoxy groups -OCH3 is 1. The van der Waals surface area contributed by atoms with Gasteiger partial charge in [0.15, 0.2) is 0 Å². The van der Waals surface area contributed by atoms with Crippen molar-refractivity contribution in [1.82, 2.24) is 4.72 Å². The van der Waals surface area contributed by atoms with E-state index in [1.807, 2.05) is 0 Å². The topological polar surface area (TPSA) is 102 Å². The lowest BCUT2D eigenvalue weighted by atomic mass is 10.3. The van der Waals surface area contributed by atoms with Crippen LogP contribution < -0.4 is 10.5 Å². The smallest absolute Gasteiger partial charge is 0.242 e. The zero-order chi connectivity index (χ0) is 13.8. The van der Waals surface area contributed by atoms with E-state index in [9.17, 15) is 13.5 Å². The molecule has 0 saturated heterocycles. The molecule has 1 aromatic carbocycles. The summed E-state index contributed by atoms with van der Waals surface area (Å²) >= 11 is 5.80. The molecule has 0 radical (unpaired) electrons. The molecular formula is C10H15ClN2O4S. The number of hydrogen-bond acceptors (Lipinski definition) is 5. The van der Waals surface area contributed by atoms with Crippen molar-refractivity contribution >= 4 is 27.3 Å². The summed E-state index contributed by atoms with van der Waals surface area (Å²) in [5, 5.41) is 9.44. The van der Waals surface area contributed by atoms with E-state index in [-0.39, 0.29) is 28.8 Å². The number of ether oxygens (including phenoxy) is 1. The molecule has 0 aliphatic carbocycles. The van der Waals surface area contributed by atoms with Crippen molar-refractivity contribution in [2.75, 3.05) is 26.0 Å².